The van der Waals surface area contributed by atoms with Crippen molar-refractivity contribution < 1.29 is 21.2 Å². The standard InChI is InChI=1S/C23H32I/c1-21(2,3)17-9-11-19(12-10-17)23(7,8)24-20-15-13-18(14-16-20)22(4,5)6/h9-16H,1-8H3/q+1. The van der Waals surface area contributed by atoms with Gasteiger partial charge in [0.15, 0.2) is 6.99 Å². The van der Waals surface area contributed by atoms with E-state index in [9.17, 15) is 0 Å². The van der Waals surface area contributed by atoms with Crippen molar-refractivity contribution >= 4 is 0 Å². The first-order valence-corrected chi connectivity index (χ1v) is 10.9. The summed E-state index contributed by atoms with van der Waals surface area (Å²) >= 11 is -0.0864. The molecule has 130 valence electrons. The van der Waals surface area contributed by atoms with Crippen LogP contribution < -0.4 is 21.2 Å². The summed E-state index contributed by atoms with van der Waals surface area (Å²) in [6.45, 7) is 18.4. The molecule has 0 unspecified atom stereocenters. The van der Waals surface area contributed by atoms with Gasteiger partial charge in [0.25, 0.3) is 0 Å². The fourth-order valence-electron chi connectivity index (χ4n) is 2.71. The Morgan fingerprint density at radius 1 is 0.500 bits per heavy atom. The van der Waals surface area contributed by atoms with E-state index in [1.807, 2.05) is 0 Å². The predicted octanol–water partition coefficient (Wildman–Crippen LogP) is 3.48. The quantitative estimate of drug-likeness (QED) is 0.512. The second-order valence-corrected chi connectivity index (χ2v) is 13.6. The van der Waals surface area contributed by atoms with E-state index >= 15 is 0 Å². The highest BCUT2D eigenvalue weighted by molar-refractivity contribution is 5.30. The van der Waals surface area contributed by atoms with Crippen LogP contribution in [0.2, 0.25) is 0 Å². The van der Waals surface area contributed by atoms with E-state index in [4.69, 9.17) is 0 Å². The summed E-state index contributed by atoms with van der Waals surface area (Å²) in [4.78, 5) is 0. The van der Waals surface area contributed by atoms with Gasteiger partial charge in [-0.15, -0.1) is 0 Å². The van der Waals surface area contributed by atoms with Gasteiger partial charge in [-0.1, -0.05) is 77.9 Å². The van der Waals surface area contributed by atoms with Crippen molar-refractivity contribution in [2.24, 2.45) is 0 Å². The van der Waals surface area contributed by atoms with Crippen molar-refractivity contribution in [3.05, 3.63) is 68.8 Å². The lowest BCUT2D eigenvalue weighted by Crippen LogP contribution is -3.66. The van der Waals surface area contributed by atoms with E-state index in [0.717, 1.165) is 0 Å². The molecule has 0 atom stereocenters. The van der Waals surface area contributed by atoms with Crippen LogP contribution >= 0.6 is 0 Å². The average Bonchev–Trinajstić information content (AvgIpc) is 2.46. The summed E-state index contributed by atoms with van der Waals surface area (Å²) in [6.07, 6.45) is 0. The minimum Gasteiger partial charge on any atom is -0.0581 e. The van der Waals surface area contributed by atoms with Gasteiger partial charge in [0.1, 0.15) is 0 Å². The van der Waals surface area contributed by atoms with E-state index in [-0.39, 0.29) is 35.5 Å². The van der Waals surface area contributed by atoms with Crippen LogP contribution in [0.4, 0.5) is 0 Å². The SMILES string of the molecule is CC(C)(C)c1ccc([I+]C(C)(C)c2ccc(C(C)(C)C)cc2)cc1. The maximum atomic E-state index is 2.39. The first-order valence-electron chi connectivity index (χ1n) is 8.77. The number of benzene rings is 2. The molecule has 0 aliphatic carbocycles. The van der Waals surface area contributed by atoms with Gasteiger partial charge in [-0.2, -0.15) is 0 Å². The maximum absolute atomic E-state index is 2.39. The lowest BCUT2D eigenvalue weighted by Gasteiger charge is -2.21. The molecular weight excluding hydrogens is 403 g/mol. The molecule has 0 bridgehead atoms. The molecule has 0 aliphatic rings. The highest BCUT2D eigenvalue weighted by atomic mass is 127. The zero-order valence-corrected chi connectivity index (χ0v) is 18.7. The summed E-state index contributed by atoms with van der Waals surface area (Å²) in [5, 5.41) is 0. The zero-order valence-electron chi connectivity index (χ0n) is 16.5. The Hall–Kier alpha value is -0.830. The lowest BCUT2D eigenvalue weighted by molar-refractivity contribution is -0.705. The van der Waals surface area contributed by atoms with Gasteiger partial charge in [-0.3, -0.25) is 0 Å². The minimum atomic E-state index is -0.0864. The number of alkyl halides is 1. The Labute approximate surface area is 159 Å². The second kappa shape index (κ2) is 6.82. The molecule has 0 amide bonds. The smallest absolute Gasteiger partial charge is 0.0581 e. The van der Waals surface area contributed by atoms with Crippen LogP contribution in [0.5, 0.6) is 0 Å². The van der Waals surface area contributed by atoms with E-state index in [2.05, 4.69) is 104 Å². The Balaban J connectivity index is 2.18. The van der Waals surface area contributed by atoms with Crippen LogP contribution in [0.1, 0.15) is 72.1 Å². The molecule has 24 heavy (non-hydrogen) atoms. The summed E-state index contributed by atoms with van der Waals surface area (Å²) in [5.41, 5.74) is 4.75. The largest absolute Gasteiger partial charge is 0.324 e. The molecule has 0 spiro atoms. The molecule has 0 radical (unpaired) electrons. The predicted molar refractivity (Wildman–Crippen MR) is 102 cm³/mol. The molecule has 0 aliphatic heterocycles. The molecular formula is C23H32I+. The lowest BCUT2D eigenvalue weighted by atomic mass is 9.86. The van der Waals surface area contributed by atoms with E-state index in [1.54, 1.807) is 0 Å². The van der Waals surface area contributed by atoms with Crippen LogP contribution in [-0.2, 0) is 14.3 Å². The van der Waals surface area contributed by atoms with Crippen LogP contribution in [0.25, 0.3) is 0 Å². The molecule has 0 saturated carbocycles. The van der Waals surface area contributed by atoms with Gasteiger partial charge in [0.05, 0.1) is 0 Å². The molecule has 0 fully saturated rings. The third kappa shape index (κ3) is 4.84. The normalized spacial score (nSPS) is 13.2. The van der Waals surface area contributed by atoms with Gasteiger partial charge in [-0.25, -0.2) is 0 Å². The topological polar surface area (TPSA) is 0 Å². The summed E-state index contributed by atoms with van der Waals surface area (Å²) in [7, 11) is 0. The van der Waals surface area contributed by atoms with Crippen molar-refractivity contribution in [3.63, 3.8) is 0 Å². The Kier molecular flexibility index (Phi) is 5.54. The molecule has 2 rings (SSSR count). The minimum absolute atomic E-state index is 0.0864. The molecule has 2 aromatic rings. The summed E-state index contributed by atoms with van der Waals surface area (Å²) < 4.78 is 1.77. The molecule has 0 nitrogen and oxygen atoms in total. The first kappa shape index (κ1) is 19.5. The van der Waals surface area contributed by atoms with E-state index in [1.165, 1.54) is 20.3 Å². The second-order valence-electron chi connectivity index (χ2n) is 9.15. The fraction of sp³-hybridized carbons (Fsp3) is 0.478. The maximum Gasteiger partial charge on any atom is 0.324 e. The fourth-order valence-corrected chi connectivity index (χ4v) is 5.65. The highest BCUT2D eigenvalue weighted by Crippen LogP contribution is 2.24. The van der Waals surface area contributed by atoms with Gasteiger partial charge in [0.2, 0.25) is 0 Å². The van der Waals surface area contributed by atoms with Crippen molar-refractivity contribution in [3.8, 4) is 0 Å². The van der Waals surface area contributed by atoms with Crippen LogP contribution in [0.3, 0.4) is 0 Å². The molecule has 0 saturated heterocycles. The van der Waals surface area contributed by atoms with E-state index < -0.39 is 0 Å². The van der Waals surface area contributed by atoms with Crippen LogP contribution in [0, 0.1) is 3.57 Å². The van der Waals surface area contributed by atoms with Crippen LogP contribution in [0.15, 0.2) is 48.5 Å². The van der Waals surface area contributed by atoms with Crippen LogP contribution in [-0.4, -0.2) is 0 Å². The number of hydrogen-bond acceptors (Lipinski definition) is 0. The Morgan fingerprint density at radius 3 is 1.21 bits per heavy atom. The van der Waals surface area contributed by atoms with Gasteiger partial charge < -0.3 is 0 Å². The third-order valence-corrected chi connectivity index (χ3v) is 7.81. The molecule has 2 aromatic carbocycles. The van der Waals surface area contributed by atoms with E-state index in [0.29, 0.717) is 0 Å². The molecule has 0 aromatic heterocycles. The average molecular weight is 435 g/mol. The Bertz CT molecular complexity index is 662. The Morgan fingerprint density at radius 2 is 0.833 bits per heavy atom. The summed E-state index contributed by atoms with van der Waals surface area (Å²) in [6, 6.07) is 18.6. The number of hydrogen-bond donors (Lipinski definition) is 0. The highest BCUT2D eigenvalue weighted by Gasteiger charge is 2.37. The van der Waals surface area contributed by atoms with Crippen molar-refractivity contribution in [1.29, 1.82) is 0 Å². The van der Waals surface area contributed by atoms with Crippen molar-refractivity contribution in [1.82, 2.24) is 0 Å². The third-order valence-electron chi connectivity index (χ3n) is 4.49. The zero-order chi connectivity index (χ0) is 18.2. The van der Waals surface area contributed by atoms with Gasteiger partial charge in [0, 0.05) is 5.56 Å². The number of rotatable bonds is 3. The molecule has 0 heterocycles. The molecule has 1 heteroatoms. The molecule has 0 N–H and O–H groups in total. The number of halogens is 1. The monoisotopic (exact) mass is 435 g/mol. The first-order chi connectivity index (χ1) is 10.9. The van der Waals surface area contributed by atoms with Gasteiger partial charge in [-0.05, 0) is 47.9 Å². The summed E-state index contributed by atoms with van der Waals surface area (Å²) in [5.74, 6) is 0. The van der Waals surface area contributed by atoms with Crippen molar-refractivity contribution in [2.45, 2.75) is 69.6 Å². The van der Waals surface area contributed by atoms with Crippen molar-refractivity contribution in [2.75, 3.05) is 0 Å². The van der Waals surface area contributed by atoms with Gasteiger partial charge >= 0.3 is 21.2 Å².